The molecule has 1 N–H and O–H groups in total. The first-order valence-electron chi connectivity index (χ1n) is 3.72. The van der Waals surface area contributed by atoms with Gasteiger partial charge in [-0.2, -0.15) is 4.73 Å². The van der Waals surface area contributed by atoms with Gasteiger partial charge in [0.2, 0.25) is 0 Å². The van der Waals surface area contributed by atoms with Gasteiger partial charge < -0.3 is 5.21 Å². The molecular formula is C8H11BrN2O. The maximum Gasteiger partial charge on any atom is 0.164 e. The lowest BCUT2D eigenvalue weighted by atomic mass is 10.4. The van der Waals surface area contributed by atoms with Crippen molar-refractivity contribution >= 4 is 15.9 Å². The van der Waals surface area contributed by atoms with E-state index >= 15 is 0 Å². The lowest BCUT2D eigenvalue weighted by Crippen LogP contribution is -2.20. The standard InChI is InChI=1S/C8H11BrN2O/c1-6(2)10-8-5-3-4-7(9)11(8)12/h3-6,12H,1-2H3. The molecule has 0 fully saturated rings. The van der Waals surface area contributed by atoms with Gasteiger partial charge in [0, 0.05) is 6.04 Å². The van der Waals surface area contributed by atoms with Crippen LogP contribution < -0.4 is 5.49 Å². The van der Waals surface area contributed by atoms with Crippen molar-refractivity contribution in [1.82, 2.24) is 4.73 Å². The van der Waals surface area contributed by atoms with E-state index in [4.69, 9.17) is 0 Å². The van der Waals surface area contributed by atoms with Crippen LogP contribution in [0.4, 0.5) is 0 Å². The third-order valence-corrected chi connectivity index (χ3v) is 1.89. The smallest absolute Gasteiger partial charge is 0.164 e. The molecule has 66 valence electrons. The highest BCUT2D eigenvalue weighted by molar-refractivity contribution is 9.10. The minimum Gasteiger partial charge on any atom is -0.426 e. The van der Waals surface area contributed by atoms with E-state index in [1.807, 2.05) is 19.9 Å². The number of halogens is 1. The average molecular weight is 231 g/mol. The Hall–Kier alpha value is -0.770. The molecule has 0 amide bonds. The van der Waals surface area contributed by atoms with Crippen LogP contribution in [-0.4, -0.2) is 16.0 Å². The van der Waals surface area contributed by atoms with Crippen LogP contribution in [0.3, 0.4) is 0 Å². The van der Waals surface area contributed by atoms with Crippen LogP contribution in [0.25, 0.3) is 0 Å². The quantitative estimate of drug-likeness (QED) is 0.580. The van der Waals surface area contributed by atoms with Crippen LogP contribution in [0, 0.1) is 0 Å². The van der Waals surface area contributed by atoms with Gasteiger partial charge in [-0.15, -0.1) is 0 Å². The number of aromatic nitrogens is 1. The molecular weight excluding hydrogens is 220 g/mol. The van der Waals surface area contributed by atoms with Crippen LogP contribution >= 0.6 is 15.9 Å². The summed E-state index contributed by atoms with van der Waals surface area (Å²) in [5.74, 6) is 0. The van der Waals surface area contributed by atoms with Gasteiger partial charge in [-0.3, -0.25) is 4.99 Å². The summed E-state index contributed by atoms with van der Waals surface area (Å²) in [6.07, 6.45) is 0. The maximum atomic E-state index is 9.42. The van der Waals surface area contributed by atoms with Crippen LogP contribution in [0.15, 0.2) is 27.8 Å². The van der Waals surface area contributed by atoms with Gasteiger partial charge >= 0.3 is 0 Å². The molecule has 3 nitrogen and oxygen atoms in total. The van der Waals surface area contributed by atoms with Gasteiger partial charge in [-0.25, -0.2) is 0 Å². The van der Waals surface area contributed by atoms with Gasteiger partial charge in [0.15, 0.2) is 5.49 Å². The molecule has 0 bridgehead atoms. The third-order valence-electron chi connectivity index (χ3n) is 1.29. The highest BCUT2D eigenvalue weighted by Crippen LogP contribution is 2.02. The molecule has 0 radical (unpaired) electrons. The zero-order valence-corrected chi connectivity index (χ0v) is 8.62. The molecule has 0 saturated carbocycles. The van der Waals surface area contributed by atoms with Gasteiger partial charge in [-0.05, 0) is 41.9 Å². The lowest BCUT2D eigenvalue weighted by molar-refractivity contribution is 0.164. The van der Waals surface area contributed by atoms with Crippen LogP contribution in [0.1, 0.15) is 13.8 Å². The van der Waals surface area contributed by atoms with Crippen molar-refractivity contribution in [3.05, 3.63) is 28.3 Å². The number of hydrogen-bond donors (Lipinski definition) is 1. The molecule has 0 spiro atoms. The van der Waals surface area contributed by atoms with Crippen LogP contribution in [0.2, 0.25) is 0 Å². The van der Waals surface area contributed by atoms with E-state index in [0.29, 0.717) is 10.1 Å². The number of pyridine rings is 1. The molecule has 0 atom stereocenters. The van der Waals surface area contributed by atoms with E-state index in [2.05, 4.69) is 20.9 Å². The second-order valence-electron chi connectivity index (χ2n) is 2.74. The Labute approximate surface area is 79.5 Å². The minimum absolute atomic E-state index is 0.178. The van der Waals surface area contributed by atoms with Crippen molar-refractivity contribution in [3.63, 3.8) is 0 Å². The number of nitrogens with zero attached hydrogens (tertiary/aromatic N) is 2. The summed E-state index contributed by atoms with van der Waals surface area (Å²) >= 11 is 3.19. The van der Waals surface area contributed by atoms with Crippen molar-refractivity contribution < 1.29 is 5.21 Å². The number of hydrogen-bond acceptors (Lipinski definition) is 2. The first-order chi connectivity index (χ1) is 5.61. The zero-order chi connectivity index (χ0) is 9.14. The Morgan fingerprint density at radius 3 is 2.75 bits per heavy atom. The van der Waals surface area contributed by atoms with Crippen molar-refractivity contribution in [2.75, 3.05) is 0 Å². The van der Waals surface area contributed by atoms with Crippen molar-refractivity contribution in [3.8, 4) is 0 Å². The number of rotatable bonds is 1. The van der Waals surface area contributed by atoms with Gasteiger partial charge in [0.1, 0.15) is 4.60 Å². The Kier molecular flexibility index (Phi) is 2.92. The molecule has 0 unspecified atom stereocenters. The third kappa shape index (κ3) is 2.11. The normalized spacial score (nSPS) is 12.5. The molecule has 0 aliphatic heterocycles. The molecule has 4 heteroatoms. The first kappa shape index (κ1) is 9.32. The van der Waals surface area contributed by atoms with Crippen LogP contribution in [-0.2, 0) is 0 Å². The summed E-state index contributed by atoms with van der Waals surface area (Å²) in [5.41, 5.74) is 0.555. The summed E-state index contributed by atoms with van der Waals surface area (Å²) in [6, 6.07) is 5.51. The molecule has 12 heavy (non-hydrogen) atoms. The Bertz CT molecular complexity index is 330. The van der Waals surface area contributed by atoms with Gasteiger partial charge in [-0.1, -0.05) is 6.07 Å². The molecule has 1 aromatic rings. The Balaban J connectivity index is 3.25. The van der Waals surface area contributed by atoms with Crippen molar-refractivity contribution in [2.24, 2.45) is 4.99 Å². The molecule has 1 aromatic heterocycles. The van der Waals surface area contributed by atoms with Gasteiger partial charge in [0.05, 0.1) is 0 Å². The van der Waals surface area contributed by atoms with E-state index < -0.39 is 0 Å². The maximum absolute atomic E-state index is 9.42. The summed E-state index contributed by atoms with van der Waals surface area (Å²) in [5, 5.41) is 9.42. The molecule has 0 aliphatic rings. The van der Waals surface area contributed by atoms with E-state index in [1.165, 1.54) is 0 Å². The summed E-state index contributed by atoms with van der Waals surface area (Å²) < 4.78 is 1.62. The second kappa shape index (κ2) is 3.76. The molecule has 1 heterocycles. The monoisotopic (exact) mass is 230 g/mol. The fraction of sp³-hybridized carbons (Fsp3) is 0.375. The lowest BCUT2D eigenvalue weighted by Gasteiger charge is -2.01. The van der Waals surface area contributed by atoms with E-state index in [1.54, 1.807) is 12.1 Å². The SMILES string of the molecule is CC(C)N=c1cccc(Br)n1O. The minimum atomic E-state index is 0.178. The molecule has 0 aromatic carbocycles. The van der Waals surface area contributed by atoms with Gasteiger partial charge in [0.25, 0.3) is 0 Å². The summed E-state index contributed by atoms with van der Waals surface area (Å²) in [4.78, 5) is 4.20. The predicted octanol–water partition coefficient (Wildman–Crippen LogP) is 1.80. The second-order valence-corrected chi connectivity index (χ2v) is 3.55. The molecule has 0 aliphatic carbocycles. The Morgan fingerprint density at radius 2 is 2.17 bits per heavy atom. The predicted molar refractivity (Wildman–Crippen MR) is 50.0 cm³/mol. The molecule has 1 rings (SSSR count). The fourth-order valence-corrected chi connectivity index (χ4v) is 1.16. The average Bonchev–Trinajstić information content (AvgIpc) is 1.98. The van der Waals surface area contributed by atoms with E-state index in [-0.39, 0.29) is 6.04 Å². The van der Waals surface area contributed by atoms with E-state index in [0.717, 1.165) is 4.73 Å². The highest BCUT2D eigenvalue weighted by Gasteiger charge is 1.95. The summed E-state index contributed by atoms with van der Waals surface area (Å²) in [6.45, 7) is 3.92. The van der Waals surface area contributed by atoms with Crippen molar-refractivity contribution in [1.29, 1.82) is 0 Å². The van der Waals surface area contributed by atoms with E-state index in [9.17, 15) is 5.21 Å². The molecule has 0 saturated heterocycles. The Morgan fingerprint density at radius 1 is 1.50 bits per heavy atom. The fourth-order valence-electron chi connectivity index (χ4n) is 0.826. The topological polar surface area (TPSA) is 37.5 Å². The highest BCUT2D eigenvalue weighted by atomic mass is 79.9. The first-order valence-corrected chi connectivity index (χ1v) is 4.51. The zero-order valence-electron chi connectivity index (χ0n) is 7.03. The van der Waals surface area contributed by atoms with Crippen LogP contribution in [0.5, 0.6) is 0 Å². The summed E-state index contributed by atoms with van der Waals surface area (Å²) in [7, 11) is 0. The van der Waals surface area contributed by atoms with Crippen molar-refractivity contribution in [2.45, 2.75) is 19.9 Å². The largest absolute Gasteiger partial charge is 0.426 e.